The highest BCUT2D eigenvalue weighted by Crippen LogP contribution is 2.21. The summed E-state index contributed by atoms with van der Waals surface area (Å²) in [5.41, 5.74) is 1.85. The molecule has 1 unspecified atom stereocenters. The number of benzene rings is 1. The van der Waals surface area contributed by atoms with Crippen molar-refractivity contribution < 1.29 is 9.59 Å². The zero-order valence-corrected chi connectivity index (χ0v) is 13.7. The van der Waals surface area contributed by atoms with Crippen molar-refractivity contribution in [1.82, 2.24) is 10.2 Å². The number of rotatable bonds is 3. The Labute approximate surface area is 136 Å². The van der Waals surface area contributed by atoms with E-state index >= 15 is 0 Å². The number of nitrogens with zero attached hydrogens (tertiary/aromatic N) is 2. The number of hydrogen-bond acceptors (Lipinski definition) is 3. The molecule has 122 valence electrons. The van der Waals surface area contributed by atoms with E-state index in [1.807, 2.05) is 13.8 Å². The van der Waals surface area contributed by atoms with E-state index in [4.69, 9.17) is 5.26 Å². The fraction of sp³-hybridized carbons (Fsp3) is 0.471. The fourth-order valence-corrected chi connectivity index (χ4v) is 2.72. The molecule has 2 rings (SSSR count). The first-order valence-electron chi connectivity index (χ1n) is 7.79. The molecular formula is C17H22N4O2. The number of anilines is 1. The summed E-state index contributed by atoms with van der Waals surface area (Å²) in [6.07, 6.45) is 0.621. The topological polar surface area (TPSA) is 85.2 Å². The number of nitriles is 1. The number of carbonyl (C=O) groups is 2. The van der Waals surface area contributed by atoms with E-state index in [-0.39, 0.29) is 11.9 Å². The Morgan fingerprint density at radius 2 is 2.26 bits per heavy atom. The number of amides is 3. The maximum absolute atomic E-state index is 12.6. The van der Waals surface area contributed by atoms with Gasteiger partial charge in [0.1, 0.15) is 6.04 Å². The highest BCUT2D eigenvalue weighted by atomic mass is 16.2. The van der Waals surface area contributed by atoms with Crippen LogP contribution in [0.5, 0.6) is 0 Å². The molecule has 1 aromatic carbocycles. The van der Waals surface area contributed by atoms with Gasteiger partial charge >= 0.3 is 6.03 Å². The maximum atomic E-state index is 12.6. The predicted octanol–water partition coefficient (Wildman–Crippen LogP) is 2.25. The minimum absolute atomic E-state index is 0.109. The summed E-state index contributed by atoms with van der Waals surface area (Å²) in [5.74, 6) is 0.199. The molecule has 23 heavy (non-hydrogen) atoms. The third-order valence-corrected chi connectivity index (χ3v) is 3.98. The van der Waals surface area contributed by atoms with Crippen molar-refractivity contribution in [2.75, 3.05) is 18.4 Å². The molecule has 0 aromatic heterocycles. The van der Waals surface area contributed by atoms with E-state index in [1.165, 1.54) is 0 Å². The van der Waals surface area contributed by atoms with Gasteiger partial charge in [-0.25, -0.2) is 4.79 Å². The third-order valence-electron chi connectivity index (χ3n) is 3.98. The second-order valence-electron chi connectivity index (χ2n) is 6.15. The van der Waals surface area contributed by atoms with Crippen molar-refractivity contribution in [3.05, 3.63) is 29.3 Å². The predicted molar refractivity (Wildman–Crippen MR) is 87.9 cm³/mol. The number of carbonyl (C=O) groups excluding carboxylic acids is 2. The number of nitrogens with one attached hydrogen (secondary N) is 2. The monoisotopic (exact) mass is 314 g/mol. The second-order valence-corrected chi connectivity index (χ2v) is 6.15. The Bertz CT molecular complexity index is 648. The van der Waals surface area contributed by atoms with Gasteiger partial charge in [0.15, 0.2) is 0 Å². The molecule has 1 saturated heterocycles. The van der Waals surface area contributed by atoms with Crippen molar-refractivity contribution >= 4 is 17.6 Å². The van der Waals surface area contributed by atoms with Gasteiger partial charge in [0.05, 0.1) is 11.6 Å². The molecule has 1 aromatic rings. The lowest BCUT2D eigenvalue weighted by Crippen LogP contribution is -2.58. The first-order valence-corrected chi connectivity index (χ1v) is 7.79. The minimum Gasteiger partial charge on any atom is -0.353 e. The molecule has 3 amide bonds. The van der Waals surface area contributed by atoms with Gasteiger partial charge in [0.2, 0.25) is 5.91 Å². The molecule has 0 bridgehead atoms. The standard InChI is InChI=1S/C17H22N4O2/c1-11(2)9-15-16(22)19-7-8-21(15)17(23)20-14-6-4-5-13(10-18)12(14)3/h4-6,11,15H,7-9H2,1-3H3,(H,19,22)(H,20,23). The zero-order chi connectivity index (χ0) is 17.0. The van der Waals surface area contributed by atoms with Crippen molar-refractivity contribution in [2.24, 2.45) is 5.92 Å². The summed E-state index contributed by atoms with van der Waals surface area (Å²) in [6.45, 7) is 6.78. The van der Waals surface area contributed by atoms with Crippen molar-refractivity contribution in [3.8, 4) is 6.07 Å². The van der Waals surface area contributed by atoms with Gasteiger partial charge < -0.3 is 15.5 Å². The average Bonchev–Trinajstić information content (AvgIpc) is 2.51. The molecule has 1 atom stereocenters. The van der Waals surface area contributed by atoms with E-state index in [1.54, 1.807) is 30.0 Å². The molecule has 1 aliphatic heterocycles. The summed E-state index contributed by atoms with van der Waals surface area (Å²) >= 11 is 0. The van der Waals surface area contributed by atoms with Crippen LogP contribution in [-0.2, 0) is 4.79 Å². The van der Waals surface area contributed by atoms with Gasteiger partial charge in [-0.3, -0.25) is 4.79 Å². The molecule has 0 saturated carbocycles. The van der Waals surface area contributed by atoms with Crippen molar-refractivity contribution in [2.45, 2.75) is 33.2 Å². The minimum atomic E-state index is -0.455. The molecular weight excluding hydrogens is 292 g/mol. The van der Waals surface area contributed by atoms with Crippen LogP contribution in [-0.4, -0.2) is 36.0 Å². The molecule has 1 aliphatic rings. The van der Waals surface area contributed by atoms with E-state index in [0.717, 1.165) is 5.56 Å². The van der Waals surface area contributed by atoms with Crippen LogP contribution in [0.25, 0.3) is 0 Å². The summed E-state index contributed by atoms with van der Waals surface area (Å²) in [6, 6.07) is 6.54. The average molecular weight is 314 g/mol. The largest absolute Gasteiger partial charge is 0.353 e. The number of piperazine rings is 1. The quantitative estimate of drug-likeness (QED) is 0.897. The molecule has 1 fully saturated rings. The molecule has 2 N–H and O–H groups in total. The number of hydrogen-bond donors (Lipinski definition) is 2. The van der Waals surface area contributed by atoms with Gasteiger partial charge in [-0.15, -0.1) is 0 Å². The van der Waals surface area contributed by atoms with E-state index in [2.05, 4.69) is 16.7 Å². The maximum Gasteiger partial charge on any atom is 0.322 e. The molecule has 0 aliphatic carbocycles. The van der Waals surface area contributed by atoms with Gasteiger partial charge in [-0.2, -0.15) is 5.26 Å². The molecule has 0 radical (unpaired) electrons. The Hall–Kier alpha value is -2.55. The summed E-state index contributed by atoms with van der Waals surface area (Å²) in [5, 5.41) is 14.7. The summed E-state index contributed by atoms with van der Waals surface area (Å²) in [7, 11) is 0. The van der Waals surface area contributed by atoms with Crippen LogP contribution in [0.2, 0.25) is 0 Å². The Kier molecular flexibility index (Phi) is 5.22. The molecule has 6 nitrogen and oxygen atoms in total. The van der Waals surface area contributed by atoms with E-state index < -0.39 is 6.04 Å². The van der Waals surface area contributed by atoms with E-state index in [9.17, 15) is 9.59 Å². The Morgan fingerprint density at radius 3 is 2.91 bits per heavy atom. The third kappa shape index (κ3) is 3.81. The van der Waals surface area contributed by atoms with Gasteiger partial charge in [-0.1, -0.05) is 19.9 Å². The van der Waals surface area contributed by atoms with Crippen LogP contribution in [0.1, 0.15) is 31.4 Å². The smallest absolute Gasteiger partial charge is 0.322 e. The van der Waals surface area contributed by atoms with Crippen LogP contribution < -0.4 is 10.6 Å². The normalized spacial score (nSPS) is 17.6. The lowest BCUT2D eigenvalue weighted by atomic mass is 10.0. The highest BCUT2D eigenvalue weighted by molar-refractivity contribution is 5.95. The van der Waals surface area contributed by atoms with Gasteiger partial charge in [-0.05, 0) is 37.0 Å². The van der Waals surface area contributed by atoms with Crippen LogP contribution in [0.15, 0.2) is 18.2 Å². The molecule has 6 heteroatoms. The lowest BCUT2D eigenvalue weighted by molar-refractivity contribution is -0.128. The molecule has 1 heterocycles. The van der Waals surface area contributed by atoms with Gasteiger partial charge in [0.25, 0.3) is 0 Å². The Morgan fingerprint density at radius 1 is 1.52 bits per heavy atom. The molecule has 0 spiro atoms. The van der Waals surface area contributed by atoms with Crippen LogP contribution in [0.3, 0.4) is 0 Å². The van der Waals surface area contributed by atoms with E-state index in [0.29, 0.717) is 36.7 Å². The fourth-order valence-electron chi connectivity index (χ4n) is 2.72. The highest BCUT2D eigenvalue weighted by Gasteiger charge is 2.33. The summed E-state index contributed by atoms with van der Waals surface area (Å²) < 4.78 is 0. The Balaban J connectivity index is 2.18. The SMILES string of the molecule is Cc1c(C#N)cccc1NC(=O)N1CCNC(=O)C1CC(C)C. The summed E-state index contributed by atoms with van der Waals surface area (Å²) in [4.78, 5) is 26.3. The first-order chi connectivity index (χ1) is 10.9. The van der Waals surface area contributed by atoms with Crippen LogP contribution >= 0.6 is 0 Å². The second kappa shape index (κ2) is 7.14. The van der Waals surface area contributed by atoms with Crippen LogP contribution in [0.4, 0.5) is 10.5 Å². The van der Waals surface area contributed by atoms with Crippen LogP contribution in [0, 0.1) is 24.2 Å². The zero-order valence-electron chi connectivity index (χ0n) is 13.7. The first kappa shape index (κ1) is 16.8. The van der Waals surface area contributed by atoms with Crippen molar-refractivity contribution in [3.63, 3.8) is 0 Å². The van der Waals surface area contributed by atoms with Gasteiger partial charge in [0, 0.05) is 18.8 Å². The van der Waals surface area contributed by atoms with Crippen molar-refractivity contribution in [1.29, 1.82) is 5.26 Å². The number of urea groups is 1. The lowest BCUT2D eigenvalue weighted by Gasteiger charge is -2.36.